The first-order valence-corrected chi connectivity index (χ1v) is 13.4. The van der Waals surface area contributed by atoms with E-state index in [1.165, 1.54) is 0 Å². The number of hydrogen-bond donors (Lipinski definition) is 2. The van der Waals surface area contributed by atoms with Crippen LogP contribution in [0.15, 0.2) is 104 Å². The molecule has 2 aromatic carbocycles. The van der Waals surface area contributed by atoms with Gasteiger partial charge in [-0.2, -0.15) is 0 Å². The third kappa shape index (κ3) is 5.08. The van der Waals surface area contributed by atoms with Crippen molar-refractivity contribution in [2.75, 3.05) is 11.9 Å². The summed E-state index contributed by atoms with van der Waals surface area (Å²) in [5.41, 5.74) is 2.64. The molecule has 194 valence electrons. The number of carbonyl (C=O) groups excluding carboxylic acids is 1. The molecule has 1 fully saturated rings. The van der Waals surface area contributed by atoms with Gasteiger partial charge in [-0.1, -0.05) is 54.1 Å². The molecule has 6 rings (SSSR count). The van der Waals surface area contributed by atoms with Crippen molar-refractivity contribution in [1.82, 2.24) is 24.8 Å². The molecule has 1 aliphatic rings. The number of aromatic nitrogens is 3. The molecule has 0 aliphatic carbocycles. The van der Waals surface area contributed by atoms with Gasteiger partial charge in [-0.3, -0.25) is 9.78 Å². The maximum absolute atomic E-state index is 13.1. The smallest absolute Gasteiger partial charge is 0.226 e. The Morgan fingerprint density at radius 2 is 1.82 bits per heavy atom. The molecule has 4 heterocycles. The van der Waals surface area contributed by atoms with Gasteiger partial charge in [0.1, 0.15) is 5.82 Å². The number of anilines is 1. The van der Waals surface area contributed by atoms with Crippen molar-refractivity contribution < 1.29 is 4.79 Å². The molecule has 0 spiro atoms. The van der Waals surface area contributed by atoms with Gasteiger partial charge in [-0.15, -0.1) is 0 Å². The zero-order chi connectivity index (χ0) is 26.8. The lowest BCUT2D eigenvalue weighted by Gasteiger charge is -2.28. The van der Waals surface area contributed by atoms with Crippen molar-refractivity contribution in [3.63, 3.8) is 0 Å². The Kier molecular flexibility index (Phi) is 6.96. The van der Waals surface area contributed by atoms with Crippen molar-refractivity contribution in [3.8, 4) is 5.82 Å². The Balaban J connectivity index is 1.29. The van der Waals surface area contributed by atoms with E-state index in [-0.39, 0.29) is 24.4 Å². The van der Waals surface area contributed by atoms with E-state index in [9.17, 15) is 4.79 Å². The lowest BCUT2D eigenvalue weighted by atomic mass is 10.0. The average Bonchev–Trinajstić information content (AvgIpc) is 3.57. The second kappa shape index (κ2) is 10.8. The number of carbonyl (C=O) groups is 1. The largest absolute Gasteiger partial charge is 0.352 e. The van der Waals surface area contributed by atoms with Crippen molar-refractivity contribution in [2.24, 2.45) is 0 Å². The van der Waals surface area contributed by atoms with E-state index in [4.69, 9.17) is 23.8 Å². The minimum atomic E-state index is -0.217. The van der Waals surface area contributed by atoms with Gasteiger partial charge in [0.2, 0.25) is 5.91 Å². The molecule has 2 atom stereocenters. The number of rotatable bonds is 7. The summed E-state index contributed by atoms with van der Waals surface area (Å²) < 4.78 is 2.02. The van der Waals surface area contributed by atoms with Gasteiger partial charge in [-0.05, 0) is 60.1 Å². The van der Waals surface area contributed by atoms with Gasteiger partial charge < -0.3 is 20.1 Å². The molecule has 2 N–H and O–H groups in total. The lowest BCUT2D eigenvalue weighted by molar-refractivity contribution is -0.116. The molecule has 1 saturated heterocycles. The number of benzene rings is 2. The number of pyridine rings is 2. The summed E-state index contributed by atoms with van der Waals surface area (Å²) in [6.07, 6.45) is 5.63. The lowest BCUT2D eigenvalue weighted by Crippen LogP contribution is -2.33. The normalized spacial score (nSPS) is 16.8. The highest BCUT2D eigenvalue weighted by Crippen LogP contribution is 2.39. The molecule has 7 nitrogen and oxygen atoms in total. The van der Waals surface area contributed by atoms with Crippen LogP contribution >= 0.6 is 23.8 Å². The fraction of sp³-hybridized carbons (Fsp3) is 0.133. The summed E-state index contributed by atoms with van der Waals surface area (Å²) in [5, 5.41) is 9.77. The van der Waals surface area contributed by atoms with Crippen LogP contribution in [0.1, 0.15) is 29.9 Å². The van der Waals surface area contributed by atoms with Crippen LogP contribution in [0.4, 0.5) is 5.69 Å². The van der Waals surface area contributed by atoms with E-state index in [2.05, 4.69) is 31.6 Å². The molecular weight excluding hydrogens is 528 g/mol. The Morgan fingerprint density at radius 3 is 2.64 bits per heavy atom. The number of halogens is 1. The molecule has 1 amide bonds. The van der Waals surface area contributed by atoms with E-state index < -0.39 is 0 Å². The maximum Gasteiger partial charge on any atom is 0.226 e. The van der Waals surface area contributed by atoms with Crippen LogP contribution in [0.3, 0.4) is 0 Å². The monoisotopic (exact) mass is 552 g/mol. The van der Waals surface area contributed by atoms with Gasteiger partial charge in [0.25, 0.3) is 0 Å². The second-order valence-corrected chi connectivity index (χ2v) is 10.1. The van der Waals surface area contributed by atoms with Crippen LogP contribution in [-0.2, 0) is 4.79 Å². The fourth-order valence-electron chi connectivity index (χ4n) is 5.09. The van der Waals surface area contributed by atoms with Crippen LogP contribution in [0.2, 0.25) is 5.02 Å². The van der Waals surface area contributed by atoms with E-state index >= 15 is 0 Å². The number of hydrogen-bond acceptors (Lipinski definition) is 4. The number of fused-ring (bicyclic) bond motifs is 1. The number of nitrogens with one attached hydrogen (secondary N) is 2. The zero-order valence-electron chi connectivity index (χ0n) is 20.9. The van der Waals surface area contributed by atoms with Crippen molar-refractivity contribution in [3.05, 3.63) is 120 Å². The van der Waals surface area contributed by atoms with Crippen LogP contribution in [0.25, 0.3) is 16.6 Å². The topological polar surface area (TPSA) is 75.1 Å². The molecule has 0 radical (unpaired) electrons. The van der Waals surface area contributed by atoms with Crippen LogP contribution in [0.5, 0.6) is 0 Å². The van der Waals surface area contributed by atoms with Crippen LogP contribution in [-0.4, -0.2) is 37.0 Å². The predicted octanol–water partition coefficient (Wildman–Crippen LogP) is 6.08. The summed E-state index contributed by atoms with van der Waals surface area (Å²) in [5.74, 6) is 0.662. The fourth-order valence-corrected chi connectivity index (χ4v) is 5.53. The molecule has 3 aromatic heterocycles. The number of amides is 1. The van der Waals surface area contributed by atoms with Gasteiger partial charge in [0, 0.05) is 48.3 Å². The molecular formula is C30H25ClN6OS. The van der Waals surface area contributed by atoms with E-state index in [0.29, 0.717) is 16.7 Å². The Bertz CT molecular complexity index is 1630. The molecule has 39 heavy (non-hydrogen) atoms. The summed E-state index contributed by atoms with van der Waals surface area (Å²) in [6.45, 7) is 0.426. The maximum atomic E-state index is 13.1. The van der Waals surface area contributed by atoms with E-state index in [1.54, 1.807) is 12.4 Å². The molecule has 1 aliphatic heterocycles. The van der Waals surface area contributed by atoms with Crippen molar-refractivity contribution in [1.29, 1.82) is 0 Å². The Morgan fingerprint density at radius 1 is 0.974 bits per heavy atom. The van der Waals surface area contributed by atoms with E-state index in [1.807, 2.05) is 89.6 Å². The Hall–Kier alpha value is -4.27. The quantitative estimate of drug-likeness (QED) is 0.239. The molecule has 0 saturated carbocycles. The van der Waals surface area contributed by atoms with Crippen LogP contribution < -0.4 is 10.6 Å². The van der Waals surface area contributed by atoms with Crippen LogP contribution in [0, 0.1) is 0 Å². The second-order valence-electron chi connectivity index (χ2n) is 9.28. The van der Waals surface area contributed by atoms with Gasteiger partial charge in [0.05, 0.1) is 22.8 Å². The average molecular weight is 553 g/mol. The Labute approximate surface area is 236 Å². The molecule has 2 unspecified atom stereocenters. The summed E-state index contributed by atoms with van der Waals surface area (Å²) >= 11 is 11.9. The van der Waals surface area contributed by atoms with Crippen molar-refractivity contribution in [2.45, 2.75) is 18.5 Å². The highest BCUT2D eigenvalue weighted by molar-refractivity contribution is 7.80. The zero-order valence-corrected chi connectivity index (χ0v) is 22.4. The minimum absolute atomic E-state index is 0.0797. The summed E-state index contributed by atoms with van der Waals surface area (Å²) in [6, 6.07) is 27.1. The first-order chi connectivity index (χ1) is 19.1. The van der Waals surface area contributed by atoms with Crippen molar-refractivity contribution >= 4 is 51.3 Å². The SMILES string of the molecule is O=C(CCN1C(=S)NC(c2ccccn2)C1c1cccn1-c1ccc(Cl)cn1)Nc1cccc2ccccc12. The predicted molar refractivity (Wildman–Crippen MR) is 158 cm³/mol. The standard InChI is InChI=1S/C30H25ClN6OS/c31-21-13-14-26(33-19-21)36-17-6-12-25(36)29-28(24-10-3-4-16-32-24)35-30(39)37(29)18-15-27(38)34-23-11-5-8-20-7-1-2-9-22(20)23/h1-14,16-17,19,28-29H,15,18H2,(H,34,38)(H,35,39). The third-order valence-electron chi connectivity index (χ3n) is 6.88. The van der Waals surface area contributed by atoms with E-state index in [0.717, 1.165) is 33.7 Å². The third-order valence-corrected chi connectivity index (χ3v) is 7.46. The molecule has 9 heteroatoms. The number of thiocarbonyl (C=S) groups is 1. The molecule has 5 aromatic rings. The number of nitrogens with zero attached hydrogens (tertiary/aromatic N) is 4. The van der Waals surface area contributed by atoms with Gasteiger partial charge in [0.15, 0.2) is 5.11 Å². The highest BCUT2D eigenvalue weighted by Gasteiger charge is 2.41. The highest BCUT2D eigenvalue weighted by atomic mass is 35.5. The summed E-state index contributed by atoms with van der Waals surface area (Å²) in [7, 11) is 0. The van der Waals surface area contributed by atoms with Gasteiger partial charge >= 0.3 is 0 Å². The first kappa shape index (κ1) is 25.0. The first-order valence-electron chi connectivity index (χ1n) is 12.6. The minimum Gasteiger partial charge on any atom is -0.352 e. The van der Waals surface area contributed by atoms with Gasteiger partial charge in [-0.25, -0.2) is 4.98 Å². The molecule has 0 bridgehead atoms. The summed E-state index contributed by atoms with van der Waals surface area (Å²) in [4.78, 5) is 24.3.